The lowest BCUT2D eigenvalue weighted by molar-refractivity contribution is 0.102. The molecule has 7 heteroatoms. The topological polar surface area (TPSA) is 90.7 Å². The average molecular weight is 361 g/mol. The lowest BCUT2D eigenvalue weighted by Crippen LogP contribution is -2.15. The van der Waals surface area contributed by atoms with Gasteiger partial charge in [-0.25, -0.2) is 14.4 Å². The van der Waals surface area contributed by atoms with Crippen LogP contribution in [-0.4, -0.2) is 22.4 Å². The molecule has 2 N–H and O–H groups in total. The summed E-state index contributed by atoms with van der Waals surface area (Å²) in [5.41, 5.74) is 1.68. The van der Waals surface area contributed by atoms with Crippen LogP contribution >= 0.6 is 0 Å². The number of nitriles is 1. The maximum Gasteiger partial charge on any atom is 0.258 e. The summed E-state index contributed by atoms with van der Waals surface area (Å²) in [6.45, 7) is 0.460. The van der Waals surface area contributed by atoms with Crippen LogP contribution in [0.5, 0.6) is 0 Å². The number of benzene rings is 2. The fraction of sp³-hybridized carbons (Fsp3) is 0.100. The lowest BCUT2D eigenvalue weighted by Gasteiger charge is -2.08. The second-order valence-corrected chi connectivity index (χ2v) is 5.68. The third kappa shape index (κ3) is 4.64. The van der Waals surface area contributed by atoms with Gasteiger partial charge in [0.05, 0.1) is 16.8 Å². The number of aromatic nitrogens is 2. The molecule has 3 rings (SSSR count). The molecule has 1 aromatic heterocycles. The van der Waals surface area contributed by atoms with Crippen LogP contribution in [0.4, 0.5) is 16.0 Å². The number of carbonyl (C=O) groups excluding carboxylic acids is 1. The van der Waals surface area contributed by atoms with Gasteiger partial charge in [0.15, 0.2) is 0 Å². The smallest absolute Gasteiger partial charge is 0.258 e. The van der Waals surface area contributed by atoms with Crippen molar-refractivity contribution in [3.63, 3.8) is 0 Å². The molecule has 0 bridgehead atoms. The summed E-state index contributed by atoms with van der Waals surface area (Å²) in [6, 6.07) is 15.3. The Hall–Kier alpha value is -3.79. The lowest BCUT2D eigenvalue weighted by atomic mass is 10.1. The van der Waals surface area contributed by atoms with Gasteiger partial charge in [-0.05, 0) is 30.2 Å². The van der Waals surface area contributed by atoms with Crippen LogP contribution < -0.4 is 10.6 Å². The number of halogens is 1. The zero-order chi connectivity index (χ0) is 19.1. The number of para-hydroxylation sites is 1. The van der Waals surface area contributed by atoms with Gasteiger partial charge < -0.3 is 10.6 Å². The molecule has 0 saturated carbocycles. The van der Waals surface area contributed by atoms with E-state index in [2.05, 4.69) is 20.6 Å². The molecule has 0 aliphatic heterocycles. The number of anilines is 2. The van der Waals surface area contributed by atoms with Crippen LogP contribution in [0.15, 0.2) is 60.9 Å². The Bertz CT molecular complexity index is 982. The van der Waals surface area contributed by atoms with Gasteiger partial charge in [0, 0.05) is 18.9 Å². The number of nitrogens with zero attached hydrogens (tertiary/aromatic N) is 3. The SMILES string of the molecule is N#Cc1ccccc1NC(=O)c1cnc(NCCc2ccccc2F)nc1. The summed E-state index contributed by atoms with van der Waals surface area (Å²) in [7, 11) is 0. The highest BCUT2D eigenvalue weighted by Crippen LogP contribution is 2.15. The first-order chi connectivity index (χ1) is 13.2. The van der Waals surface area contributed by atoms with E-state index in [0.29, 0.717) is 35.7 Å². The number of amides is 1. The fourth-order valence-electron chi connectivity index (χ4n) is 2.43. The van der Waals surface area contributed by atoms with Crippen LogP contribution in [0.1, 0.15) is 21.5 Å². The van der Waals surface area contributed by atoms with Crippen molar-refractivity contribution in [3.05, 3.63) is 83.4 Å². The number of carbonyl (C=O) groups is 1. The zero-order valence-electron chi connectivity index (χ0n) is 14.3. The minimum Gasteiger partial charge on any atom is -0.354 e. The molecule has 0 radical (unpaired) electrons. The highest BCUT2D eigenvalue weighted by atomic mass is 19.1. The van der Waals surface area contributed by atoms with Gasteiger partial charge in [-0.2, -0.15) is 5.26 Å². The standard InChI is InChI=1S/C20H16FN5O/c21-17-7-3-1-5-14(17)9-10-23-20-24-12-16(13-25-20)19(27)26-18-8-4-2-6-15(18)11-22/h1-8,12-13H,9-10H2,(H,26,27)(H,23,24,25). The van der Waals surface area contributed by atoms with Crippen LogP contribution in [0.2, 0.25) is 0 Å². The first kappa shape index (κ1) is 18.0. The number of hydrogen-bond donors (Lipinski definition) is 2. The Kier molecular flexibility index (Phi) is 5.70. The predicted molar refractivity (Wildman–Crippen MR) is 99.7 cm³/mol. The van der Waals surface area contributed by atoms with E-state index in [-0.39, 0.29) is 11.4 Å². The Morgan fingerprint density at radius 2 is 1.78 bits per heavy atom. The van der Waals surface area contributed by atoms with Gasteiger partial charge in [-0.15, -0.1) is 0 Å². The van der Waals surface area contributed by atoms with Crippen LogP contribution in [-0.2, 0) is 6.42 Å². The molecule has 1 amide bonds. The summed E-state index contributed by atoms with van der Waals surface area (Å²) in [4.78, 5) is 20.5. The van der Waals surface area contributed by atoms with Gasteiger partial charge in [0.1, 0.15) is 11.9 Å². The quantitative estimate of drug-likeness (QED) is 0.702. The third-order valence-corrected chi connectivity index (χ3v) is 3.85. The monoisotopic (exact) mass is 361 g/mol. The van der Waals surface area contributed by atoms with Gasteiger partial charge in [0.2, 0.25) is 5.95 Å². The van der Waals surface area contributed by atoms with Crippen molar-refractivity contribution in [3.8, 4) is 6.07 Å². The molecule has 134 valence electrons. The molecule has 27 heavy (non-hydrogen) atoms. The van der Waals surface area contributed by atoms with Crippen molar-refractivity contribution in [1.82, 2.24) is 9.97 Å². The fourth-order valence-corrected chi connectivity index (χ4v) is 2.43. The van der Waals surface area contributed by atoms with Gasteiger partial charge in [-0.3, -0.25) is 4.79 Å². The van der Waals surface area contributed by atoms with E-state index in [4.69, 9.17) is 5.26 Å². The van der Waals surface area contributed by atoms with Crippen molar-refractivity contribution >= 4 is 17.5 Å². The van der Waals surface area contributed by atoms with Crippen LogP contribution in [0, 0.1) is 17.1 Å². The zero-order valence-corrected chi connectivity index (χ0v) is 14.3. The van der Waals surface area contributed by atoms with E-state index in [1.165, 1.54) is 18.5 Å². The largest absolute Gasteiger partial charge is 0.354 e. The Labute approximate surface area is 155 Å². The molecule has 0 atom stereocenters. The van der Waals surface area contributed by atoms with Gasteiger partial charge >= 0.3 is 0 Å². The van der Waals surface area contributed by atoms with E-state index >= 15 is 0 Å². The molecule has 3 aromatic rings. The Morgan fingerprint density at radius 3 is 2.52 bits per heavy atom. The van der Waals surface area contributed by atoms with E-state index < -0.39 is 5.91 Å². The normalized spacial score (nSPS) is 10.1. The van der Waals surface area contributed by atoms with Gasteiger partial charge in [0.25, 0.3) is 5.91 Å². The predicted octanol–water partition coefficient (Wildman–Crippen LogP) is 3.39. The molecule has 0 fully saturated rings. The number of hydrogen-bond acceptors (Lipinski definition) is 5. The Balaban J connectivity index is 1.57. The molecular formula is C20H16FN5O. The van der Waals surface area contributed by atoms with Crippen molar-refractivity contribution in [2.75, 3.05) is 17.2 Å². The minimum absolute atomic E-state index is 0.245. The molecule has 0 aliphatic rings. The molecule has 1 heterocycles. The van der Waals surface area contributed by atoms with Gasteiger partial charge in [-0.1, -0.05) is 30.3 Å². The van der Waals surface area contributed by atoms with E-state index in [0.717, 1.165) is 0 Å². The molecule has 0 unspecified atom stereocenters. The summed E-state index contributed by atoms with van der Waals surface area (Å²) in [6.07, 6.45) is 3.27. The molecule has 0 aliphatic carbocycles. The van der Waals surface area contributed by atoms with Crippen molar-refractivity contribution in [2.24, 2.45) is 0 Å². The van der Waals surface area contributed by atoms with E-state index in [1.807, 2.05) is 6.07 Å². The molecule has 2 aromatic carbocycles. The van der Waals surface area contributed by atoms with Crippen LogP contribution in [0.25, 0.3) is 0 Å². The summed E-state index contributed by atoms with van der Waals surface area (Å²) >= 11 is 0. The maximum atomic E-state index is 13.6. The Morgan fingerprint density at radius 1 is 1.07 bits per heavy atom. The first-order valence-corrected chi connectivity index (χ1v) is 8.27. The maximum absolute atomic E-state index is 13.6. The third-order valence-electron chi connectivity index (χ3n) is 3.85. The summed E-state index contributed by atoms with van der Waals surface area (Å²) in [5.74, 6) is -0.305. The highest BCUT2D eigenvalue weighted by Gasteiger charge is 2.10. The van der Waals surface area contributed by atoms with Crippen molar-refractivity contribution in [2.45, 2.75) is 6.42 Å². The van der Waals surface area contributed by atoms with Crippen molar-refractivity contribution in [1.29, 1.82) is 5.26 Å². The molecule has 0 saturated heterocycles. The van der Waals surface area contributed by atoms with E-state index in [9.17, 15) is 9.18 Å². The first-order valence-electron chi connectivity index (χ1n) is 8.27. The van der Waals surface area contributed by atoms with E-state index in [1.54, 1.807) is 42.5 Å². The second kappa shape index (κ2) is 8.54. The minimum atomic E-state index is -0.407. The van der Waals surface area contributed by atoms with Crippen molar-refractivity contribution < 1.29 is 9.18 Å². The number of rotatable bonds is 6. The molecule has 0 spiro atoms. The molecular weight excluding hydrogens is 345 g/mol. The highest BCUT2D eigenvalue weighted by molar-refractivity contribution is 6.04. The second-order valence-electron chi connectivity index (χ2n) is 5.68. The molecule has 6 nitrogen and oxygen atoms in total. The summed E-state index contributed by atoms with van der Waals surface area (Å²) < 4.78 is 13.6. The number of nitrogens with one attached hydrogen (secondary N) is 2. The average Bonchev–Trinajstić information content (AvgIpc) is 2.70. The van der Waals surface area contributed by atoms with Crippen LogP contribution in [0.3, 0.4) is 0 Å². The summed E-state index contributed by atoms with van der Waals surface area (Å²) in [5, 5.41) is 14.7.